The summed E-state index contributed by atoms with van der Waals surface area (Å²) in [4.78, 5) is 24.9. The molecule has 0 radical (unpaired) electrons. The third-order valence-electron chi connectivity index (χ3n) is 5.23. The number of carbonyl (C=O) groups excluding carboxylic acids is 1. The van der Waals surface area contributed by atoms with Crippen molar-refractivity contribution < 1.29 is 9.21 Å². The van der Waals surface area contributed by atoms with Crippen LogP contribution in [-0.4, -0.2) is 11.0 Å². The highest BCUT2D eigenvalue weighted by molar-refractivity contribution is 7.80. The second-order valence-electron chi connectivity index (χ2n) is 7.86. The number of nitrogens with one attached hydrogen (secondary N) is 2. The van der Waals surface area contributed by atoms with Crippen LogP contribution in [0.3, 0.4) is 0 Å². The van der Waals surface area contributed by atoms with Crippen LogP contribution in [0, 0.1) is 0 Å². The molecule has 1 aromatic heterocycles. The van der Waals surface area contributed by atoms with Crippen LogP contribution >= 0.6 is 23.8 Å². The largest absolute Gasteiger partial charge is 0.422 e. The Kier molecular flexibility index (Phi) is 6.58. The summed E-state index contributed by atoms with van der Waals surface area (Å²) in [6, 6.07) is 21.5. The Balaban J connectivity index is 1.48. The van der Waals surface area contributed by atoms with Crippen LogP contribution in [0.25, 0.3) is 22.1 Å². The van der Waals surface area contributed by atoms with Gasteiger partial charge in [0.15, 0.2) is 5.11 Å². The van der Waals surface area contributed by atoms with E-state index in [2.05, 4.69) is 24.5 Å². The van der Waals surface area contributed by atoms with Crippen molar-refractivity contribution in [2.75, 3.05) is 5.32 Å². The van der Waals surface area contributed by atoms with Crippen molar-refractivity contribution in [1.29, 1.82) is 0 Å². The first-order chi connectivity index (χ1) is 15.8. The Labute approximate surface area is 201 Å². The number of anilines is 1. The molecule has 3 aromatic carbocycles. The SMILES string of the molecule is CC(C)c1ccc(C(=O)NC(=S)Nc2ccc(-c3cc4ccccc4oc3=O)c(Cl)c2)cc1. The predicted octanol–water partition coefficient (Wildman–Crippen LogP) is 6.36. The van der Waals surface area contributed by atoms with E-state index in [4.69, 9.17) is 28.2 Å². The van der Waals surface area contributed by atoms with Gasteiger partial charge in [0.2, 0.25) is 0 Å². The van der Waals surface area contributed by atoms with Crippen LogP contribution in [0.2, 0.25) is 5.02 Å². The van der Waals surface area contributed by atoms with Crippen LogP contribution in [-0.2, 0) is 0 Å². The van der Waals surface area contributed by atoms with Crippen molar-refractivity contribution >= 4 is 51.5 Å². The Bertz CT molecular complexity index is 1410. The topological polar surface area (TPSA) is 71.3 Å². The van der Waals surface area contributed by atoms with E-state index in [1.807, 2.05) is 24.3 Å². The monoisotopic (exact) mass is 476 g/mol. The first-order valence-corrected chi connectivity index (χ1v) is 11.2. The van der Waals surface area contributed by atoms with Gasteiger partial charge in [-0.25, -0.2) is 4.79 Å². The molecule has 2 N–H and O–H groups in total. The molecule has 0 fully saturated rings. The van der Waals surface area contributed by atoms with Gasteiger partial charge in [-0.15, -0.1) is 0 Å². The number of halogens is 1. The Morgan fingerprint density at radius 1 is 0.970 bits per heavy atom. The van der Waals surface area contributed by atoms with E-state index >= 15 is 0 Å². The standard InChI is InChI=1S/C26H21ClN2O3S/c1-15(2)16-7-9-17(10-8-16)24(30)29-26(33)28-19-11-12-20(22(27)14-19)21-13-18-5-3-4-6-23(18)32-25(21)31/h3-15H,1-2H3,(H2,28,29,30,33). The van der Waals surface area contributed by atoms with Crippen LogP contribution in [0.5, 0.6) is 0 Å². The number of para-hydroxylation sites is 1. The molecule has 0 saturated heterocycles. The highest BCUT2D eigenvalue weighted by Gasteiger charge is 2.13. The number of amides is 1. The van der Waals surface area contributed by atoms with E-state index in [1.54, 1.807) is 48.5 Å². The van der Waals surface area contributed by atoms with Gasteiger partial charge in [0, 0.05) is 22.2 Å². The number of hydrogen-bond acceptors (Lipinski definition) is 4. The summed E-state index contributed by atoms with van der Waals surface area (Å²) >= 11 is 11.7. The molecule has 0 saturated carbocycles. The fourth-order valence-electron chi connectivity index (χ4n) is 3.42. The predicted molar refractivity (Wildman–Crippen MR) is 137 cm³/mol. The maximum absolute atomic E-state index is 12.5. The molecule has 5 nitrogen and oxygen atoms in total. The van der Waals surface area contributed by atoms with Gasteiger partial charge >= 0.3 is 5.63 Å². The minimum Gasteiger partial charge on any atom is -0.422 e. The van der Waals surface area contributed by atoms with E-state index in [0.717, 1.165) is 10.9 Å². The van der Waals surface area contributed by atoms with Crippen LogP contribution in [0.15, 0.2) is 82.0 Å². The molecular weight excluding hydrogens is 456 g/mol. The van der Waals surface area contributed by atoms with Crippen LogP contribution in [0.4, 0.5) is 5.69 Å². The molecule has 0 unspecified atom stereocenters. The lowest BCUT2D eigenvalue weighted by Crippen LogP contribution is -2.34. The molecule has 0 aliphatic carbocycles. The van der Waals surface area contributed by atoms with Gasteiger partial charge in [-0.05, 0) is 60.1 Å². The van der Waals surface area contributed by atoms with Gasteiger partial charge in [-0.2, -0.15) is 0 Å². The second-order valence-corrected chi connectivity index (χ2v) is 8.68. The van der Waals surface area contributed by atoms with Gasteiger partial charge in [0.05, 0.1) is 10.6 Å². The first-order valence-electron chi connectivity index (χ1n) is 10.4. The highest BCUT2D eigenvalue weighted by Crippen LogP contribution is 2.30. The molecule has 166 valence electrons. The highest BCUT2D eigenvalue weighted by atomic mass is 35.5. The number of carbonyl (C=O) groups is 1. The minimum absolute atomic E-state index is 0.141. The lowest BCUT2D eigenvalue weighted by Gasteiger charge is -2.12. The molecule has 0 aliphatic heterocycles. The fraction of sp³-hybridized carbons (Fsp3) is 0.115. The van der Waals surface area contributed by atoms with Gasteiger partial charge in [0.25, 0.3) is 5.91 Å². The summed E-state index contributed by atoms with van der Waals surface area (Å²) in [5, 5.41) is 6.90. The van der Waals surface area contributed by atoms with Crippen molar-refractivity contribution in [3.05, 3.63) is 99.4 Å². The summed E-state index contributed by atoms with van der Waals surface area (Å²) < 4.78 is 5.41. The summed E-state index contributed by atoms with van der Waals surface area (Å²) in [7, 11) is 0. The number of fused-ring (bicyclic) bond motifs is 1. The van der Waals surface area contributed by atoms with Crippen molar-refractivity contribution in [3.63, 3.8) is 0 Å². The molecule has 0 spiro atoms. The zero-order valence-corrected chi connectivity index (χ0v) is 19.6. The van der Waals surface area contributed by atoms with E-state index in [1.165, 1.54) is 0 Å². The Hall–Kier alpha value is -3.48. The first kappa shape index (κ1) is 22.7. The van der Waals surface area contributed by atoms with Gasteiger partial charge in [-0.3, -0.25) is 10.1 Å². The van der Waals surface area contributed by atoms with Crippen molar-refractivity contribution in [2.45, 2.75) is 19.8 Å². The molecular formula is C26H21ClN2O3S. The zero-order valence-electron chi connectivity index (χ0n) is 18.0. The maximum atomic E-state index is 12.5. The summed E-state index contributed by atoms with van der Waals surface area (Å²) in [5.41, 5.74) is 3.20. The third-order valence-corrected chi connectivity index (χ3v) is 5.74. The summed E-state index contributed by atoms with van der Waals surface area (Å²) in [6.45, 7) is 4.19. The average molecular weight is 477 g/mol. The maximum Gasteiger partial charge on any atom is 0.344 e. The van der Waals surface area contributed by atoms with E-state index in [0.29, 0.717) is 38.9 Å². The number of benzene rings is 3. The van der Waals surface area contributed by atoms with Crippen LogP contribution < -0.4 is 16.3 Å². The lowest BCUT2D eigenvalue weighted by molar-refractivity contribution is 0.0977. The van der Waals surface area contributed by atoms with Gasteiger partial charge < -0.3 is 9.73 Å². The summed E-state index contributed by atoms with van der Waals surface area (Å²) in [5.74, 6) is 0.0813. The fourth-order valence-corrected chi connectivity index (χ4v) is 3.91. The van der Waals surface area contributed by atoms with E-state index in [-0.39, 0.29) is 11.0 Å². The van der Waals surface area contributed by atoms with Crippen LogP contribution in [0.1, 0.15) is 35.7 Å². The molecule has 0 atom stereocenters. The van der Waals surface area contributed by atoms with E-state index < -0.39 is 5.63 Å². The van der Waals surface area contributed by atoms with Crippen molar-refractivity contribution in [2.24, 2.45) is 0 Å². The number of hydrogen-bond donors (Lipinski definition) is 2. The normalized spacial score (nSPS) is 10.9. The number of rotatable bonds is 4. The Morgan fingerprint density at radius 3 is 2.39 bits per heavy atom. The molecule has 7 heteroatoms. The summed E-state index contributed by atoms with van der Waals surface area (Å²) in [6.07, 6.45) is 0. The third kappa shape index (κ3) is 5.13. The lowest BCUT2D eigenvalue weighted by atomic mass is 10.0. The molecule has 0 bridgehead atoms. The smallest absolute Gasteiger partial charge is 0.344 e. The Morgan fingerprint density at radius 2 is 1.70 bits per heavy atom. The molecule has 33 heavy (non-hydrogen) atoms. The van der Waals surface area contributed by atoms with E-state index in [9.17, 15) is 9.59 Å². The number of thiocarbonyl (C=S) groups is 1. The van der Waals surface area contributed by atoms with Gasteiger partial charge in [0.1, 0.15) is 5.58 Å². The van der Waals surface area contributed by atoms with Crippen molar-refractivity contribution in [1.82, 2.24) is 5.32 Å². The second kappa shape index (κ2) is 9.57. The average Bonchev–Trinajstić information content (AvgIpc) is 2.79. The minimum atomic E-state index is -0.470. The molecule has 1 heterocycles. The van der Waals surface area contributed by atoms with Gasteiger partial charge in [-0.1, -0.05) is 61.8 Å². The van der Waals surface area contributed by atoms with Crippen molar-refractivity contribution in [3.8, 4) is 11.1 Å². The zero-order chi connectivity index (χ0) is 23.5. The molecule has 0 aliphatic rings. The molecule has 4 aromatic rings. The molecule has 1 amide bonds. The quantitative estimate of drug-likeness (QED) is 0.265. The molecule has 4 rings (SSSR count).